The number of hydrogen-bond acceptors (Lipinski definition) is 3. The van der Waals surface area contributed by atoms with E-state index in [1.165, 1.54) is 96.8 Å². The molecule has 0 spiro atoms. The lowest BCUT2D eigenvalue weighted by Crippen LogP contribution is -2.17. The van der Waals surface area contributed by atoms with Crippen LogP contribution < -0.4 is 0 Å². The Balaban J connectivity index is 3.60. The van der Waals surface area contributed by atoms with Crippen LogP contribution in [0.3, 0.4) is 0 Å². The number of carbonyl (C=O) groups is 3. The van der Waals surface area contributed by atoms with E-state index in [0.29, 0.717) is 6.42 Å². The summed E-state index contributed by atoms with van der Waals surface area (Å²) in [5.74, 6) is -3.55. The summed E-state index contributed by atoms with van der Waals surface area (Å²) < 4.78 is 0. The van der Waals surface area contributed by atoms with Crippen molar-refractivity contribution < 1.29 is 24.6 Å². The van der Waals surface area contributed by atoms with Gasteiger partial charge in [0.05, 0.1) is 0 Å². The maximum absolute atomic E-state index is 11.6. The third-order valence-electron chi connectivity index (χ3n) is 5.93. The Kier molecular flexibility index (Phi) is 19.2. The molecule has 0 aliphatic rings. The Morgan fingerprint density at radius 3 is 1.06 bits per heavy atom. The average Bonchev–Trinajstić information content (AvgIpc) is 2.71. The van der Waals surface area contributed by atoms with Crippen LogP contribution in [-0.4, -0.2) is 27.9 Å². The highest BCUT2D eigenvalue weighted by atomic mass is 16.4. The first kappa shape index (κ1) is 29.4. The second-order valence-electron chi connectivity index (χ2n) is 8.78. The van der Waals surface area contributed by atoms with Crippen LogP contribution in [-0.2, 0) is 14.4 Å². The zero-order valence-corrected chi connectivity index (χ0v) is 20.1. The van der Waals surface area contributed by atoms with Gasteiger partial charge in [0.15, 0.2) is 11.4 Å². The zero-order valence-electron chi connectivity index (χ0n) is 20.1. The van der Waals surface area contributed by atoms with Crippen LogP contribution in [0.1, 0.15) is 136 Å². The smallest absolute Gasteiger partial charge is 0.343 e. The Morgan fingerprint density at radius 1 is 0.516 bits per heavy atom. The van der Waals surface area contributed by atoms with Gasteiger partial charge in [0.1, 0.15) is 0 Å². The molecule has 0 radical (unpaired) electrons. The number of unbranched alkanes of at least 4 members (excludes halogenated alkanes) is 17. The number of carboxylic acid groups (broad SMARTS) is 2. The summed E-state index contributed by atoms with van der Waals surface area (Å²) >= 11 is 0. The molecule has 0 aromatic heterocycles. The van der Waals surface area contributed by atoms with Crippen molar-refractivity contribution in [3.63, 3.8) is 0 Å². The van der Waals surface area contributed by atoms with Crippen molar-refractivity contribution in [2.24, 2.45) is 0 Å². The number of ketones is 1. The number of carbonyl (C=O) groups excluding carboxylic acids is 1. The summed E-state index contributed by atoms with van der Waals surface area (Å²) in [6.45, 7) is 3.49. The second kappa shape index (κ2) is 20.3. The minimum Gasteiger partial charge on any atom is -0.477 e. The number of hydrogen-bond donors (Lipinski definition) is 2. The molecular formula is C26H46O5. The van der Waals surface area contributed by atoms with Crippen LogP contribution in [0.5, 0.6) is 0 Å². The molecule has 0 saturated heterocycles. The quantitative estimate of drug-likeness (QED) is 0.0791. The summed E-state index contributed by atoms with van der Waals surface area (Å²) in [6, 6.07) is 0. The molecule has 0 atom stereocenters. The standard InChI is InChI=1S/C26H46O5/c1-3-4-5-6-7-8-9-10-11-12-13-14-15-16-17-18-19-20-21-23(22(2)27)24(25(28)29)26(30)31/h3-21H2,1-2H3,(H,28,29)(H,30,31). The topological polar surface area (TPSA) is 91.7 Å². The van der Waals surface area contributed by atoms with E-state index >= 15 is 0 Å². The van der Waals surface area contributed by atoms with Gasteiger partial charge in [-0.1, -0.05) is 116 Å². The third kappa shape index (κ3) is 16.7. The van der Waals surface area contributed by atoms with Crippen LogP contribution in [0.2, 0.25) is 0 Å². The zero-order chi connectivity index (χ0) is 23.3. The van der Waals surface area contributed by atoms with Crippen molar-refractivity contribution >= 4 is 17.7 Å². The van der Waals surface area contributed by atoms with Gasteiger partial charge in [-0.05, 0) is 19.8 Å². The number of allylic oxidation sites excluding steroid dienone is 1. The largest absolute Gasteiger partial charge is 0.477 e. The van der Waals surface area contributed by atoms with Gasteiger partial charge < -0.3 is 10.2 Å². The minimum absolute atomic E-state index is 0.0727. The SMILES string of the molecule is CCCCCCCCCCCCCCCCCCCCC(C(C)=O)=C(C(=O)O)C(=O)O. The Hall–Kier alpha value is -1.65. The maximum atomic E-state index is 11.6. The van der Waals surface area contributed by atoms with E-state index in [9.17, 15) is 14.4 Å². The lowest BCUT2D eigenvalue weighted by molar-refractivity contribution is -0.140. The van der Waals surface area contributed by atoms with Crippen LogP contribution in [0.25, 0.3) is 0 Å². The van der Waals surface area contributed by atoms with E-state index < -0.39 is 23.3 Å². The predicted octanol–water partition coefficient (Wildman–Crippen LogP) is 7.47. The van der Waals surface area contributed by atoms with Crippen molar-refractivity contribution in [3.05, 3.63) is 11.1 Å². The van der Waals surface area contributed by atoms with Gasteiger partial charge in [-0.15, -0.1) is 0 Å². The fourth-order valence-electron chi connectivity index (χ4n) is 4.03. The Labute approximate surface area is 189 Å². The first-order valence-electron chi connectivity index (χ1n) is 12.6. The summed E-state index contributed by atoms with van der Waals surface area (Å²) in [6.07, 6.45) is 22.9. The lowest BCUT2D eigenvalue weighted by atomic mass is 9.97. The molecule has 0 amide bonds. The Morgan fingerprint density at radius 2 is 0.806 bits per heavy atom. The minimum atomic E-state index is -1.54. The summed E-state index contributed by atoms with van der Waals surface area (Å²) in [4.78, 5) is 33.8. The van der Waals surface area contributed by atoms with Crippen molar-refractivity contribution in [2.45, 2.75) is 136 Å². The number of rotatable bonds is 22. The lowest BCUT2D eigenvalue weighted by Gasteiger charge is -2.07. The molecule has 0 saturated carbocycles. The molecule has 180 valence electrons. The van der Waals surface area contributed by atoms with E-state index in [2.05, 4.69) is 6.92 Å². The van der Waals surface area contributed by atoms with Gasteiger partial charge in [0.25, 0.3) is 0 Å². The van der Waals surface area contributed by atoms with E-state index in [1.54, 1.807) is 0 Å². The van der Waals surface area contributed by atoms with Crippen LogP contribution in [0.4, 0.5) is 0 Å². The number of carboxylic acids is 2. The van der Waals surface area contributed by atoms with Crippen LogP contribution >= 0.6 is 0 Å². The molecule has 0 unspecified atom stereocenters. The van der Waals surface area contributed by atoms with Crippen molar-refractivity contribution in [3.8, 4) is 0 Å². The molecule has 0 heterocycles. The number of aliphatic carboxylic acids is 2. The molecule has 0 bridgehead atoms. The monoisotopic (exact) mass is 438 g/mol. The first-order valence-corrected chi connectivity index (χ1v) is 12.6. The van der Waals surface area contributed by atoms with Gasteiger partial charge in [0.2, 0.25) is 0 Å². The van der Waals surface area contributed by atoms with Gasteiger partial charge >= 0.3 is 11.9 Å². The van der Waals surface area contributed by atoms with E-state index in [4.69, 9.17) is 10.2 Å². The summed E-state index contributed by atoms with van der Waals surface area (Å²) in [5, 5.41) is 18.0. The van der Waals surface area contributed by atoms with Crippen molar-refractivity contribution in [1.29, 1.82) is 0 Å². The molecular weight excluding hydrogens is 392 g/mol. The molecule has 5 heteroatoms. The molecule has 31 heavy (non-hydrogen) atoms. The molecule has 0 aliphatic carbocycles. The highest BCUT2D eigenvalue weighted by molar-refractivity contribution is 6.18. The maximum Gasteiger partial charge on any atom is 0.343 e. The van der Waals surface area contributed by atoms with Crippen molar-refractivity contribution in [2.75, 3.05) is 0 Å². The fourth-order valence-corrected chi connectivity index (χ4v) is 4.03. The predicted molar refractivity (Wildman–Crippen MR) is 126 cm³/mol. The second-order valence-corrected chi connectivity index (χ2v) is 8.78. The molecule has 0 fully saturated rings. The van der Waals surface area contributed by atoms with Gasteiger partial charge in [0, 0.05) is 5.57 Å². The van der Waals surface area contributed by atoms with Crippen molar-refractivity contribution in [1.82, 2.24) is 0 Å². The van der Waals surface area contributed by atoms with Crippen LogP contribution in [0.15, 0.2) is 11.1 Å². The molecule has 5 nitrogen and oxygen atoms in total. The van der Waals surface area contributed by atoms with Gasteiger partial charge in [-0.3, -0.25) is 4.79 Å². The number of Topliss-reactive ketones (excluding diaryl/α,β-unsaturated/α-hetero) is 1. The highest BCUT2D eigenvalue weighted by Gasteiger charge is 2.24. The van der Waals surface area contributed by atoms with E-state index in [1.807, 2.05) is 0 Å². The first-order chi connectivity index (χ1) is 14.9. The van der Waals surface area contributed by atoms with E-state index in [-0.39, 0.29) is 12.0 Å². The molecule has 0 aromatic carbocycles. The molecule has 0 aromatic rings. The summed E-state index contributed by atoms with van der Waals surface area (Å²) in [7, 11) is 0. The normalized spacial score (nSPS) is 10.8. The Bertz CT molecular complexity index is 520. The average molecular weight is 439 g/mol. The third-order valence-corrected chi connectivity index (χ3v) is 5.93. The fraction of sp³-hybridized carbons (Fsp3) is 0.808. The molecule has 2 N–H and O–H groups in total. The molecule has 0 rings (SSSR count). The molecule has 0 aliphatic heterocycles. The van der Waals surface area contributed by atoms with Gasteiger partial charge in [-0.2, -0.15) is 0 Å². The summed E-state index contributed by atoms with van der Waals surface area (Å²) in [5.41, 5.74) is -0.851. The highest BCUT2D eigenvalue weighted by Crippen LogP contribution is 2.18. The van der Waals surface area contributed by atoms with Crippen LogP contribution in [0, 0.1) is 0 Å². The van der Waals surface area contributed by atoms with E-state index in [0.717, 1.165) is 19.3 Å². The van der Waals surface area contributed by atoms with Gasteiger partial charge in [-0.25, -0.2) is 9.59 Å².